The lowest BCUT2D eigenvalue weighted by molar-refractivity contribution is -0.118. The number of ether oxygens (including phenoxy) is 1. The standard InChI is InChI=1S/C14H20N2O2.ClH/c1-15-10-11-4-6-12(7-5-11)16-14(17)9-13-3-2-8-18-13;/h4-7,13,15H,2-3,8-10H2,1H3,(H,16,17);1H. The Balaban J connectivity index is 0.00000180. The summed E-state index contributed by atoms with van der Waals surface area (Å²) in [6.45, 7) is 1.63. The molecule has 0 spiro atoms. The average Bonchev–Trinajstić information content (AvgIpc) is 2.84. The average molecular weight is 285 g/mol. The van der Waals surface area contributed by atoms with Crippen molar-refractivity contribution in [2.75, 3.05) is 19.0 Å². The molecule has 0 radical (unpaired) electrons. The van der Waals surface area contributed by atoms with Crippen LogP contribution >= 0.6 is 12.4 Å². The fourth-order valence-electron chi connectivity index (χ4n) is 2.13. The van der Waals surface area contributed by atoms with E-state index in [0.29, 0.717) is 6.42 Å². The molecule has 2 rings (SSSR count). The fraction of sp³-hybridized carbons (Fsp3) is 0.500. The topological polar surface area (TPSA) is 50.4 Å². The van der Waals surface area contributed by atoms with Gasteiger partial charge in [-0.1, -0.05) is 12.1 Å². The van der Waals surface area contributed by atoms with E-state index in [1.807, 2.05) is 31.3 Å². The van der Waals surface area contributed by atoms with Crippen LogP contribution in [0.15, 0.2) is 24.3 Å². The van der Waals surface area contributed by atoms with Crippen molar-refractivity contribution in [2.24, 2.45) is 0 Å². The van der Waals surface area contributed by atoms with E-state index in [-0.39, 0.29) is 24.4 Å². The van der Waals surface area contributed by atoms with Gasteiger partial charge >= 0.3 is 0 Å². The van der Waals surface area contributed by atoms with Gasteiger partial charge in [0.25, 0.3) is 0 Å². The number of nitrogens with one attached hydrogen (secondary N) is 2. The quantitative estimate of drug-likeness (QED) is 0.872. The lowest BCUT2D eigenvalue weighted by Gasteiger charge is -2.10. The number of benzene rings is 1. The number of rotatable bonds is 5. The van der Waals surface area contributed by atoms with Gasteiger partial charge in [-0.2, -0.15) is 0 Å². The first-order valence-electron chi connectivity index (χ1n) is 6.43. The molecule has 1 aromatic carbocycles. The molecule has 106 valence electrons. The van der Waals surface area contributed by atoms with Crippen LogP contribution in [0.3, 0.4) is 0 Å². The van der Waals surface area contributed by atoms with Gasteiger partial charge in [0.05, 0.1) is 12.5 Å². The van der Waals surface area contributed by atoms with Gasteiger partial charge in [0.1, 0.15) is 0 Å². The second kappa shape index (κ2) is 8.15. The number of carbonyl (C=O) groups is 1. The van der Waals surface area contributed by atoms with Crippen molar-refractivity contribution in [3.05, 3.63) is 29.8 Å². The van der Waals surface area contributed by atoms with Crippen LogP contribution in [-0.4, -0.2) is 25.7 Å². The van der Waals surface area contributed by atoms with Gasteiger partial charge < -0.3 is 15.4 Å². The Labute approximate surface area is 120 Å². The molecule has 2 N–H and O–H groups in total. The molecular formula is C14H21ClN2O2. The molecule has 0 aliphatic carbocycles. The largest absolute Gasteiger partial charge is 0.378 e. The Morgan fingerprint density at radius 1 is 1.37 bits per heavy atom. The summed E-state index contributed by atoms with van der Waals surface area (Å²) >= 11 is 0. The van der Waals surface area contributed by atoms with Crippen LogP contribution < -0.4 is 10.6 Å². The van der Waals surface area contributed by atoms with E-state index in [0.717, 1.165) is 31.7 Å². The molecule has 1 amide bonds. The zero-order valence-electron chi connectivity index (χ0n) is 11.1. The Bertz CT molecular complexity index is 389. The molecule has 1 aliphatic rings. The van der Waals surface area contributed by atoms with E-state index in [2.05, 4.69) is 10.6 Å². The molecule has 0 bridgehead atoms. The number of hydrogen-bond acceptors (Lipinski definition) is 3. The molecule has 4 nitrogen and oxygen atoms in total. The minimum absolute atomic E-state index is 0. The molecule has 1 aliphatic heterocycles. The second-order valence-electron chi connectivity index (χ2n) is 4.61. The molecule has 1 heterocycles. The van der Waals surface area contributed by atoms with Gasteiger partial charge in [-0.15, -0.1) is 12.4 Å². The van der Waals surface area contributed by atoms with Crippen LogP contribution in [0.4, 0.5) is 5.69 Å². The third kappa shape index (κ3) is 5.19. The lowest BCUT2D eigenvalue weighted by Crippen LogP contribution is -2.19. The number of anilines is 1. The van der Waals surface area contributed by atoms with Crippen molar-refractivity contribution in [3.63, 3.8) is 0 Å². The Morgan fingerprint density at radius 2 is 2.11 bits per heavy atom. The SMILES string of the molecule is CNCc1ccc(NC(=O)CC2CCCO2)cc1.Cl. The van der Waals surface area contributed by atoms with Crippen LogP contribution in [0.25, 0.3) is 0 Å². The summed E-state index contributed by atoms with van der Waals surface area (Å²) < 4.78 is 5.44. The van der Waals surface area contributed by atoms with Gasteiger partial charge in [-0.25, -0.2) is 0 Å². The predicted molar refractivity (Wildman–Crippen MR) is 78.7 cm³/mol. The highest BCUT2D eigenvalue weighted by Gasteiger charge is 2.18. The van der Waals surface area contributed by atoms with Gasteiger partial charge in [0.2, 0.25) is 5.91 Å². The Hall–Kier alpha value is -1.10. The highest BCUT2D eigenvalue weighted by molar-refractivity contribution is 5.91. The number of carbonyl (C=O) groups excluding carboxylic acids is 1. The molecule has 1 fully saturated rings. The Morgan fingerprint density at radius 3 is 2.68 bits per heavy atom. The summed E-state index contributed by atoms with van der Waals surface area (Å²) in [6.07, 6.45) is 2.62. The molecule has 0 aromatic heterocycles. The molecule has 1 aromatic rings. The monoisotopic (exact) mass is 284 g/mol. The van der Waals surface area contributed by atoms with Crippen LogP contribution in [0, 0.1) is 0 Å². The number of amides is 1. The minimum Gasteiger partial charge on any atom is -0.378 e. The maximum absolute atomic E-state index is 11.8. The summed E-state index contributed by atoms with van der Waals surface area (Å²) in [7, 11) is 1.91. The summed E-state index contributed by atoms with van der Waals surface area (Å²) in [5.74, 6) is 0.0308. The zero-order chi connectivity index (χ0) is 12.8. The fourth-order valence-corrected chi connectivity index (χ4v) is 2.13. The number of hydrogen-bond donors (Lipinski definition) is 2. The van der Waals surface area contributed by atoms with E-state index in [1.165, 1.54) is 5.56 Å². The van der Waals surface area contributed by atoms with Crippen molar-refractivity contribution in [3.8, 4) is 0 Å². The summed E-state index contributed by atoms with van der Waals surface area (Å²) in [4.78, 5) is 11.8. The smallest absolute Gasteiger partial charge is 0.226 e. The summed E-state index contributed by atoms with van der Waals surface area (Å²) in [5, 5.41) is 5.99. The van der Waals surface area contributed by atoms with Crippen LogP contribution in [0.1, 0.15) is 24.8 Å². The van der Waals surface area contributed by atoms with E-state index in [4.69, 9.17) is 4.74 Å². The molecular weight excluding hydrogens is 264 g/mol. The Kier molecular flexibility index (Phi) is 6.84. The van der Waals surface area contributed by atoms with Gasteiger partial charge in [0.15, 0.2) is 0 Å². The normalized spacial score (nSPS) is 17.8. The molecule has 5 heteroatoms. The van der Waals surface area contributed by atoms with Crippen LogP contribution in [0.2, 0.25) is 0 Å². The summed E-state index contributed by atoms with van der Waals surface area (Å²) in [5.41, 5.74) is 2.05. The van der Waals surface area contributed by atoms with E-state index in [1.54, 1.807) is 0 Å². The highest BCUT2D eigenvalue weighted by Crippen LogP contribution is 2.16. The van der Waals surface area contributed by atoms with Crippen LogP contribution in [-0.2, 0) is 16.1 Å². The lowest BCUT2D eigenvalue weighted by atomic mass is 10.1. The predicted octanol–water partition coefficient (Wildman–Crippen LogP) is 2.34. The molecule has 0 saturated carbocycles. The second-order valence-corrected chi connectivity index (χ2v) is 4.61. The first-order valence-corrected chi connectivity index (χ1v) is 6.43. The zero-order valence-corrected chi connectivity index (χ0v) is 12.0. The van der Waals surface area contributed by atoms with Gasteiger partial charge in [-0.05, 0) is 37.6 Å². The molecule has 1 unspecified atom stereocenters. The highest BCUT2D eigenvalue weighted by atomic mass is 35.5. The van der Waals surface area contributed by atoms with E-state index in [9.17, 15) is 4.79 Å². The summed E-state index contributed by atoms with van der Waals surface area (Å²) in [6, 6.07) is 7.89. The maximum atomic E-state index is 11.8. The number of halogens is 1. The minimum atomic E-state index is 0. The first kappa shape index (κ1) is 16.0. The molecule has 1 atom stereocenters. The third-order valence-corrected chi connectivity index (χ3v) is 3.06. The van der Waals surface area contributed by atoms with Crippen molar-refractivity contribution in [1.29, 1.82) is 0 Å². The van der Waals surface area contributed by atoms with Gasteiger partial charge in [0, 0.05) is 18.8 Å². The first-order chi connectivity index (χ1) is 8.78. The van der Waals surface area contributed by atoms with Crippen molar-refractivity contribution in [1.82, 2.24) is 5.32 Å². The van der Waals surface area contributed by atoms with Crippen LogP contribution in [0.5, 0.6) is 0 Å². The maximum Gasteiger partial charge on any atom is 0.226 e. The van der Waals surface area contributed by atoms with Crippen molar-refractivity contribution >= 4 is 24.0 Å². The molecule has 19 heavy (non-hydrogen) atoms. The van der Waals surface area contributed by atoms with Crippen molar-refractivity contribution < 1.29 is 9.53 Å². The third-order valence-electron chi connectivity index (χ3n) is 3.06. The molecule has 1 saturated heterocycles. The van der Waals surface area contributed by atoms with E-state index >= 15 is 0 Å². The van der Waals surface area contributed by atoms with E-state index < -0.39 is 0 Å². The van der Waals surface area contributed by atoms with Crippen molar-refractivity contribution in [2.45, 2.75) is 31.9 Å². The van der Waals surface area contributed by atoms with Gasteiger partial charge in [-0.3, -0.25) is 4.79 Å².